The van der Waals surface area contributed by atoms with Gasteiger partial charge in [-0.05, 0) is 6.07 Å². The molecule has 116 valence electrons. The van der Waals surface area contributed by atoms with E-state index in [-0.39, 0.29) is 23.4 Å². The molecule has 0 unspecified atom stereocenters. The van der Waals surface area contributed by atoms with Gasteiger partial charge in [-0.1, -0.05) is 0 Å². The van der Waals surface area contributed by atoms with Gasteiger partial charge >= 0.3 is 11.9 Å². The van der Waals surface area contributed by atoms with Gasteiger partial charge in [0.25, 0.3) is 5.79 Å². The normalized spacial score (nSPS) is 19.9. The number of hydrogen-bond acceptors (Lipinski definition) is 8. The Hall–Kier alpha value is -2.61. The Balaban J connectivity index is 2.28. The molecule has 0 aromatic carbocycles. The quantitative estimate of drug-likeness (QED) is 0.781. The van der Waals surface area contributed by atoms with Crippen molar-refractivity contribution in [2.75, 3.05) is 21.3 Å². The molecule has 0 bridgehead atoms. The highest BCUT2D eigenvalue weighted by Crippen LogP contribution is 2.47. The lowest BCUT2D eigenvalue weighted by Gasteiger charge is -2.26. The number of ether oxygens (including phenoxy) is 4. The van der Waals surface area contributed by atoms with Crippen LogP contribution in [0.25, 0.3) is 11.1 Å². The van der Waals surface area contributed by atoms with Gasteiger partial charge in [0.1, 0.15) is 17.7 Å². The number of pyridine rings is 1. The lowest BCUT2D eigenvalue weighted by atomic mass is 10.00. The van der Waals surface area contributed by atoms with Crippen LogP contribution in [0.5, 0.6) is 5.75 Å². The van der Waals surface area contributed by atoms with Crippen molar-refractivity contribution < 1.29 is 33.0 Å². The van der Waals surface area contributed by atoms with Crippen molar-refractivity contribution in [3.05, 3.63) is 23.6 Å². The summed E-state index contributed by atoms with van der Waals surface area (Å²) in [7, 11) is 3.99. The van der Waals surface area contributed by atoms with Crippen LogP contribution in [0.2, 0.25) is 0 Å². The summed E-state index contributed by atoms with van der Waals surface area (Å²) in [5, 5.41) is 0.547. The number of carbonyl (C=O) groups is 2. The maximum absolute atomic E-state index is 12.1. The van der Waals surface area contributed by atoms with E-state index < -0.39 is 17.7 Å². The number of cyclic esters (lactones) is 1. The predicted octanol–water partition coefficient (Wildman–Crippen LogP) is 1.37. The Bertz CT molecular complexity index is 766. The first-order valence-electron chi connectivity index (χ1n) is 6.37. The number of hydrogen-bond donors (Lipinski definition) is 0. The maximum atomic E-state index is 12.1. The van der Waals surface area contributed by atoms with E-state index in [0.717, 1.165) is 0 Å². The second kappa shape index (κ2) is 4.99. The zero-order chi connectivity index (χ0) is 15.9. The van der Waals surface area contributed by atoms with Crippen LogP contribution < -0.4 is 4.74 Å². The molecular weight excluding hydrogens is 294 g/mol. The lowest BCUT2D eigenvalue weighted by Crippen LogP contribution is -2.32. The molecule has 22 heavy (non-hydrogen) atoms. The molecule has 8 nitrogen and oxygen atoms in total. The van der Waals surface area contributed by atoms with E-state index >= 15 is 0 Å². The van der Waals surface area contributed by atoms with Gasteiger partial charge in [0.2, 0.25) is 5.71 Å². The third-order valence-electron chi connectivity index (χ3n) is 3.54. The van der Waals surface area contributed by atoms with Crippen LogP contribution in [0, 0.1) is 0 Å². The van der Waals surface area contributed by atoms with Gasteiger partial charge in [-0.3, -0.25) is 4.79 Å². The summed E-state index contributed by atoms with van der Waals surface area (Å²) in [5.41, 5.74) is 0.476. The van der Waals surface area contributed by atoms with Gasteiger partial charge in [0.15, 0.2) is 5.69 Å². The fourth-order valence-electron chi connectivity index (χ4n) is 2.53. The van der Waals surface area contributed by atoms with Gasteiger partial charge in [-0.15, -0.1) is 0 Å². The van der Waals surface area contributed by atoms with Crippen molar-refractivity contribution in [1.29, 1.82) is 0 Å². The minimum atomic E-state index is -1.64. The molecule has 8 heteroatoms. The number of fused-ring (bicyclic) bond motifs is 2. The van der Waals surface area contributed by atoms with Gasteiger partial charge in [-0.25, -0.2) is 9.78 Å². The Labute approximate surface area is 124 Å². The standard InChI is InChI=1S/C14H13NO7/c1-18-8(16)6-14(20-3)9-10(13(17)22-14)15-12-7(4-5-21-12)11(9)19-2/h4-5H,6H2,1-3H3/t14-/m0/s1. The van der Waals surface area contributed by atoms with E-state index in [1.54, 1.807) is 6.07 Å². The molecule has 3 rings (SSSR count). The van der Waals surface area contributed by atoms with Crippen molar-refractivity contribution >= 4 is 23.0 Å². The fraction of sp³-hybridized carbons (Fsp3) is 0.357. The molecule has 0 amide bonds. The van der Waals surface area contributed by atoms with Crippen LogP contribution in [0.1, 0.15) is 22.5 Å². The third-order valence-corrected chi connectivity index (χ3v) is 3.54. The molecule has 0 spiro atoms. The highest BCUT2D eigenvalue weighted by molar-refractivity contribution is 5.98. The summed E-state index contributed by atoms with van der Waals surface area (Å²) >= 11 is 0. The zero-order valence-electron chi connectivity index (χ0n) is 12.2. The highest BCUT2D eigenvalue weighted by atomic mass is 16.7. The summed E-state index contributed by atoms with van der Waals surface area (Å²) in [4.78, 5) is 27.9. The summed E-state index contributed by atoms with van der Waals surface area (Å²) in [6.45, 7) is 0. The maximum Gasteiger partial charge on any atom is 0.360 e. The van der Waals surface area contributed by atoms with Crippen molar-refractivity contribution in [2.24, 2.45) is 0 Å². The smallest absolute Gasteiger partial charge is 0.360 e. The second-order valence-corrected chi connectivity index (χ2v) is 4.61. The van der Waals surface area contributed by atoms with Crippen LogP contribution in [0.3, 0.4) is 0 Å². The van der Waals surface area contributed by atoms with Gasteiger partial charge < -0.3 is 23.4 Å². The molecule has 0 fully saturated rings. The number of methoxy groups -OCH3 is 3. The van der Waals surface area contributed by atoms with E-state index in [1.165, 1.54) is 27.6 Å². The van der Waals surface area contributed by atoms with E-state index in [4.69, 9.17) is 18.6 Å². The topological polar surface area (TPSA) is 97.1 Å². The van der Waals surface area contributed by atoms with Crippen molar-refractivity contribution in [1.82, 2.24) is 4.98 Å². The van der Waals surface area contributed by atoms with Crippen LogP contribution in [-0.2, 0) is 24.8 Å². The number of rotatable bonds is 4. The minimum absolute atomic E-state index is 0.00921. The van der Waals surface area contributed by atoms with Crippen LogP contribution in [-0.4, -0.2) is 38.3 Å². The lowest BCUT2D eigenvalue weighted by molar-refractivity contribution is -0.200. The molecule has 0 saturated heterocycles. The van der Waals surface area contributed by atoms with Crippen LogP contribution >= 0.6 is 0 Å². The monoisotopic (exact) mass is 307 g/mol. The van der Waals surface area contributed by atoms with Gasteiger partial charge in [0, 0.05) is 7.11 Å². The minimum Gasteiger partial charge on any atom is -0.495 e. The Morgan fingerprint density at radius 3 is 2.77 bits per heavy atom. The Morgan fingerprint density at radius 2 is 2.14 bits per heavy atom. The fourth-order valence-corrected chi connectivity index (χ4v) is 2.53. The molecule has 2 aromatic heterocycles. The average Bonchev–Trinajstić information content (AvgIpc) is 3.09. The van der Waals surface area contributed by atoms with Crippen molar-refractivity contribution in [3.8, 4) is 5.75 Å². The third kappa shape index (κ3) is 1.84. The van der Waals surface area contributed by atoms with Gasteiger partial charge in [0.05, 0.1) is 25.9 Å². The van der Waals surface area contributed by atoms with E-state index in [0.29, 0.717) is 11.1 Å². The summed E-state index contributed by atoms with van der Waals surface area (Å²) < 4.78 is 25.9. The van der Waals surface area contributed by atoms with Gasteiger partial charge in [-0.2, -0.15) is 0 Å². The molecule has 0 aliphatic carbocycles. The molecule has 1 atom stereocenters. The first-order chi connectivity index (χ1) is 10.6. The summed E-state index contributed by atoms with van der Waals surface area (Å²) in [5.74, 6) is -2.65. The Morgan fingerprint density at radius 1 is 1.36 bits per heavy atom. The number of nitrogens with zero attached hydrogens (tertiary/aromatic N) is 1. The summed E-state index contributed by atoms with van der Waals surface area (Å²) in [6.07, 6.45) is 1.11. The SMILES string of the molecule is COC(=O)C[C@]1(OC)OC(=O)c2nc3occc3c(OC)c21. The molecule has 1 aliphatic heterocycles. The molecule has 3 heterocycles. The second-order valence-electron chi connectivity index (χ2n) is 4.61. The van der Waals surface area contributed by atoms with E-state index in [2.05, 4.69) is 9.72 Å². The molecule has 0 N–H and O–H groups in total. The summed E-state index contributed by atoms with van der Waals surface area (Å²) in [6, 6.07) is 1.64. The van der Waals surface area contributed by atoms with Crippen LogP contribution in [0.4, 0.5) is 0 Å². The number of esters is 2. The van der Waals surface area contributed by atoms with E-state index in [1.807, 2.05) is 0 Å². The first-order valence-corrected chi connectivity index (χ1v) is 6.37. The average molecular weight is 307 g/mol. The number of carbonyl (C=O) groups excluding carboxylic acids is 2. The molecule has 0 saturated carbocycles. The molecular formula is C14H13NO7. The largest absolute Gasteiger partial charge is 0.495 e. The number of furan rings is 1. The van der Waals surface area contributed by atoms with Crippen LogP contribution in [0.15, 0.2) is 16.7 Å². The molecule has 1 aliphatic rings. The zero-order valence-corrected chi connectivity index (χ0v) is 12.2. The van der Waals surface area contributed by atoms with Crippen molar-refractivity contribution in [2.45, 2.75) is 12.2 Å². The number of aromatic nitrogens is 1. The molecule has 2 aromatic rings. The highest BCUT2D eigenvalue weighted by Gasteiger charge is 2.52. The first kappa shape index (κ1) is 14.3. The predicted molar refractivity (Wildman–Crippen MR) is 71.3 cm³/mol. The Kier molecular flexibility index (Phi) is 3.25. The van der Waals surface area contributed by atoms with E-state index in [9.17, 15) is 9.59 Å². The van der Waals surface area contributed by atoms with Crippen molar-refractivity contribution in [3.63, 3.8) is 0 Å². The molecule has 0 radical (unpaired) electrons.